The molecular formula is C14H14Cl2O3. The van der Waals surface area contributed by atoms with Gasteiger partial charge in [-0.3, -0.25) is 0 Å². The van der Waals surface area contributed by atoms with E-state index in [1.807, 2.05) is 0 Å². The highest BCUT2D eigenvalue weighted by atomic mass is 35.5. The zero-order valence-electron chi connectivity index (χ0n) is 10.3. The van der Waals surface area contributed by atoms with Gasteiger partial charge in [-0.1, -0.05) is 29.3 Å². The van der Waals surface area contributed by atoms with E-state index in [1.165, 1.54) is 0 Å². The molecule has 5 heteroatoms. The highest BCUT2D eigenvalue weighted by Gasteiger charge is 2.57. The molecule has 1 heterocycles. The predicted octanol–water partition coefficient (Wildman–Crippen LogP) is 3.70. The topological polar surface area (TPSA) is 38.8 Å². The first kappa shape index (κ1) is 13.2. The lowest BCUT2D eigenvalue weighted by molar-refractivity contribution is -0.155. The third kappa shape index (κ3) is 2.47. The Labute approximate surface area is 121 Å². The van der Waals surface area contributed by atoms with E-state index < -0.39 is 5.60 Å². The summed E-state index contributed by atoms with van der Waals surface area (Å²) in [5, 5.41) is 0.974. The van der Waals surface area contributed by atoms with Crippen molar-refractivity contribution in [3.8, 4) is 0 Å². The Morgan fingerprint density at radius 3 is 2.58 bits per heavy atom. The summed E-state index contributed by atoms with van der Waals surface area (Å²) in [6, 6.07) is 5.05. The van der Waals surface area contributed by atoms with Crippen molar-refractivity contribution >= 4 is 29.2 Å². The molecule has 1 aliphatic carbocycles. The van der Waals surface area contributed by atoms with E-state index in [0.29, 0.717) is 22.2 Å². The van der Waals surface area contributed by atoms with E-state index in [4.69, 9.17) is 32.7 Å². The van der Waals surface area contributed by atoms with Crippen LogP contribution in [0.2, 0.25) is 10.0 Å². The van der Waals surface area contributed by atoms with Crippen LogP contribution < -0.4 is 0 Å². The Kier molecular flexibility index (Phi) is 3.46. The lowest BCUT2D eigenvalue weighted by Gasteiger charge is -2.17. The Bertz CT molecular complexity index is 505. The molecule has 0 radical (unpaired) electrons. The molecule has 1 atom stereocenters. The second kappa shape index (κ2) is 4.97. The minimum Gasteiger partial charge on any atom is -0.460 e. The van der Waals surface area contributed by atoms with Crippen molar-refractivity contribution in [2.24, 2.45) is 0 Å². The molecular weight excluding hydrogens is 287 g/mol. The van der Waals surface area contributed by atoms with Gasteiger partial charge in [-0.25, -0.2) is 4.79 Å². The van der Waals surface area contributed by atoms with Crippen LogP contribution in [0.15, 0.2) is 18.2 Å². The van der Waals surface area contributed by atoms with Gasteiger partial charge in [0.2, 0.25) is 5.60 Å². The number of epoxide rings is 1. The average Bonchev–Trinajstić information content (AvgIpc) is 3.01. The summed E-state index contributed by atoms with van der Waals surface area (Å²) in [4.78, 5) is 12.3. The summed E-state index contributed by atoms with van der Waals surface area (Å²) in [5.41, 5.74) is -0.369. The third-order valence-corrected chi connectivity index (χ3v) is 4.25. The van der Waals surface area contributed by atoms with Gasteiger partial charge in [0.25, 0.3) is 0 Å². The molecule has 0 spiro atoms. The Hall–Kier alpha value is -0.770. The molecule has 3 nitrogen and oxygen atoms in total. The normalized spacial score (nSPS) is 26.4. The Morgan fingerprint density at radius 1 is 1.32 bits per heavy atom. The molecule has 1 aliphatic heterocycles. The molecule has 1 aromatic rings. The van der Waals surface area contributed by atoms with Crippen LogP contribution in [0.25, 0.3) is 0 Å². The molecule has 1 saturated heterocycles. The van der Waals surface area contributed by atoms with E-state index in [2.05, 4.69) is 0 Å². The number of ether oxygens (including phenoxy) is 2. The van der Waals surface area contributed by atoms with Crippen LogP contribution in [0, 0.1) is 0 Å². The van der Waals surface area contributed by atoms with Crippen LogP contribution in [-0.4, -0.2) is 18.7 Å². The summed E-state index contributed by atoms with van der Waals surface area (Å²) in [7, 11) is 0. The predicted molar refractivity (Wildman–Crippen MR) is 72.4 cm³/mol. The monoisotopic (exact) mass is 300 g/mol. The number of hydrogen-bond acceptors (Lipinski definition) is 3. The van der Waals surface area contributed by atoms with E-state index in [1.54, 1.807) is 18.2 Å². The number of hydrogen-bond donors (Lipinski definition) is 0. The molecule has 2 fully saturated rings. The standard InChI is InChI=1S/C14H14Cl2O3/c15-9-5-6-11(12(16)7-9)14(8-18-14)13(17)19-10-3-1-2-4-10/h5-7,10H,1-4,8H2. The van der Waals surface area contributed by atoms with Gasteiger partial charge in [-0.05, 0) is 37.8 Å². The van der Waals surface area contributed by atoms with Gasteiger partial charge in [0.1, 0.15) is 6.10 Å². The molecule has 1 aromatic carbocycles. The van der Waals surface area contributed by atoms with Crippen LogP contribution in [0.4, 0.5) is 0 Å². The molecule has 0 aromatic heterocycles. The SMILES string of the molecule is O=C(OC1CCCC1)C1(c2ccc(Cl)cc2Cl)CO1. The van der Waals surface area contributed by atoms with Crippen molar-refractivity contribution in [3.63, 3.8) is 0 Å². The van der Waals surface area contributed by atoms with E-state index in [0.717, 1.165) is 25.7 Å². The fourth-order valence-corrected chi connectivity index (χ4v) is 3.09. The molecule has 0 bridgehead atoms. The zero-order chi connectivity index (χ0) is 13.5. The highest BCUT2D eigenvalue weighted by Crippen LogP contribution is 2.44. The molecule has 2 aliphatic rings. The Balaban J connectivity index is 1.80. The molecule has 0 amide bonds. The average molecular weight is 301 g/mol. The van der Waals surface area contributed by atoms with E-state index >= 15 is 0 Å². The first-order valence-electron chi connectivity index (χ1n) is 6.42. The summed E-state index contributed by atoms with van der Waals surface area (Å²) in [6.07, 6.45) is 4.15. The van der Waals surface area contributed by atoms with Gasteiger partial charge in [0, 0.05) is 15.6 Å². The highest BCUT2D eigenvalue weighted by molar-refractivity contribution is 6.35. The number of benzene rings is 1. The van der Waals surface area contributed by atoms with Gasteiger partial charge in [0.15, 0.2) is 0 Å². The first-order chi connectivity index (χ1) is 9.12. The largest absolute Gasteiger partial charge is 0.460 e. The maximum absolute atomic E-state index is 12.3. The summed E-state index contributed by atoms with van der Waals surface area (Å²) >= 11 is 12.0. The van der Waals surface area contributed by atoms with Crippen molar-refractivity contribution < 1.29 is 14.3 Å². The second-order valence-corrected chi connectivity index (χ2v) is 5.90. The van der Waals surface area contributed by atoms with E-state index in [-0.39, 0.29) is 12.1 Å². The fourth-order valence-electron chi connectivity index (χ4n) is 2.53. The van der Waals surface area contributed by atoms with Gasteiger partial charge in [-0.2, -0.15) is 0 Å². The van der Waals surface area contributed by atoms with Crippen molar-refractivity contribution in [1.29, 1.82) is 0 Å². The number of carbonyl (C=O) groups is 1. The van der Waals surface area contributed by atoms with Gasteiger partial charge in [0.05, 0.1) is 6.61 Å². The number of rotatable bonds is 3. The van der Waals surface area contributed by atoms with Crippen molar-refractivity contribution in [2.45, 2.75) is 37.4 Å². The van der Waals surface area contributed by atoms with Crippen molar-refractivity contribution in [3.05, 3.63) is 33.8 Å². The maximum atomic E-state index is 12.3. The smallest absolute Gasteiger partial charge is 0.345 e. The minimum absolute atomic E-state index is 0.0275. The third-order valence-electron chi connectivity index (χ3n) is 3.70. The maximum Gasteiger partial charge on any atom is 0.345 e. The van der Waals surface area contributed by atoms with Crippen LogP contribution in [0.5, 0.6) is 0 Å². The summed E-state index contributed by atoms with van der Waals surface area (Å²) < 4.78 is 10.9. The lowest BCUT2D eigenvalue weighted by atomic mass is 10.00. The van der Waals surface area contributed by atoms with Crippen LogP contribution in [-0.2, 0) is 19.9 Å². The van der Waals surface area contributed by atoms with Crippen LogP contribution in [0.1, 0.15) is 31.2 Å². The number of halogens is 2. The minimum atomic E-state index is -1.01. The molecule has 1 unspecified atom stereocenters. The quantitative estimate of drug-likeness (QED) is 0.631. The number of esters is 1. The fraction of sp³-hybridized carbons (Fsp3) is 0.500. The van der Waals surface area contributed by atoms with Gasteiger partial charge >= 0.3 is 5.97 Å². The van der Waals surface area contributed by atoms with Crippen LogP contribution >= 0.6 is 23.2 Å². The van der Waals surface area contributed by atoms with Crippen molar-refractivity contribution in [2.75, 3.05) is 6.61 Å². The zero-order valence-corrected chi connectivity index (χ0v) is 11.8. The second-order valence-electron chi connectivity index (χ2n) is 5.05. The molecule has 19 heavy (non-hydrogen) atoms. The summed E-state index contributed by atoms with van der Waals surface area (Å²) in [6.45, 7) is 0.319. The van der Waals surface area contributed by atoms with Gasteiger partial charge < -0.3 is 9.47 Å². The molecule has 102 valence electrons. The molecule has 3 rings (SSSR count). The van der Waals surface area contributed by atoms with Crippen LogP contribution in [0.3, 0.4) is 0 Å². The van der Waals surface area contributed by atoms with E-state index in [9.17, 15) is 4.79 Å². The van der Waals surface area contributed by atoms with Gasteiger partial charge in [-0.15, -0.1) is 0 Å². The first-order valence-corrected chi connectivity index (χ1v) is 7.18. The summed E-state index contributed by atoms with van der Waals surface area (Å²) in [5.74, 6) is -0.330. The Morgan fingerprint density at radius 2 is 2.00 bits per heavy atom. The number of carbonyl (C=O) groups excluding carboxylic acids is 1. The molecule has 0 N–H and O–H groups in total. The lowest BCUT2D eigenvalue weighted by Crippen LogP contribution is -2.28. The van der Waals surface area contributed by atoms with Crippen molar-refractivity contribution in [1.82, 2.24) is 0 Å². The molecule has 1 saturated carbocycles.